The Morgan fingerprint density at radius 2 is 2.08 bits per heavy atom. The number of furan rings is 1. The molecule has 0 atom stereocenters. The molecule has 5 nitrogen and oxygen atoms in total. The molecule has 1 N–H and O–H groups in total. The second kappa shape index (κ2) is 6.98. The van der Waals surface area contributed by atoms with Crippen LogP contribution in [0, 0.1) is 13.8 Å². The van der Waals surface area contributed by atoms with Gasteiger partial charge in [0.1, 0.15) is 16.5 Å². The zero-order valence-electron chi connectivity index (χ0n) is 13.0. The highest BCUT2D eigenvalue weighted by Gasteiger charge is 2.12. The summed E-state index contributed by atoms with van der Waals surface area (Å²) < 4.78 is 5.33. The third-order valence-corrected chi connectivity index (χ3v) is 4.42. The quantitative estimate of drug-likeness (QED) is 0.553. The van der Waals surface area contributed by atoms with Gasteiger partial charge in [-0.3, -0.25) is 4.79 Å². The van der Waals surface area contributed by atoms with Crippen molar-refractivity contribution in [2.24, 2.45) is 5.10 Å². The van der Waals surface area contributed by atoms with Crippen molar-refractivity contribution in [3.63, 3.8) is 0 Å². The molecule has 0 bridgehead atoms. The highest BCUT2D eigenvalue weighted by Crippen LogP contribution is 2.24. The average Bonchev–Trinajstić information content (AvgIpc) is 3.14. The molecule has 0 aliphatic rings. The third-order valence-electron chi connectivity index (χ3n) is 3.26. The normalized spacial score (nSPS) is 11.1. The van der Waals surface area contributed by atoms with E-state index in [1.54, 1.807) is 19.9 Å². The summed E-state index contributed by atoms with van der Waals surface area (Å²) in [6.45, 7) is 3.53. The molecule has 0 radical (unpaired) electrons. The van der Waals surface area contributed by atoms with E-state index >= 15 is 0 Å². The van der Waals surface area contributed by atoms with Crippen LogP contribution < -0.4 is 5.43 Å². The number of hydrogen-bond donors (Lipinski definition) is 1. The molecule has 0 aliphatic carbocycles. The first kappa shape index (κ1) is 16.4. The summed E-state index contributed by atoms with van der Waals surface area (Å²) in [7, 11) is 0. The summed E-state index contributed by atoms with van der Waals surface area (Å²) in [5, 5.41) is 7.36. The van der Waals surface area contributed by atoms with Crippen molar-refractivity contribution >= 4 is 35.1 Å². The van der Waals surface area contributed by atoms with Gasteiger partial charge in [0, 0.05) is 16.0 Å². The van der Waals surface area contributed by atoms with Gasteiger partial charge in [0.15, 0.2) is 0 Å². The van der Waals surface area contributed by atoms with E-state index in [0.29, 0.717) is 27.8 Å². The lowest BCUT2D eigenvalue weighted by molar-refractivity contribution is 0.0953. The molecule has 2 aromatic heterocycles. The van der Waals surface area contributed by atoms with Crippen LogP contribution in [-0.4, -0.2) is 17.1 Å². The number of aromatic nitrogens is 1. The minimum Gasteiger partial charge on any atom is -0.466 e. The Morgan fingerprint density at radius 3 is 2.75 bits per heavy atom. The monoisotopic (exact) mass is 359 g/mol. The van der Waals surface area contributed by atoms with Crippen LogP contribution in [0.4, 0.5) is 0 Å². The molecule has 2 heterocycles. The molecular formula is C17H14ClN3O2S. The number of nitrogens with one attached hydrogen (secondary N) is 1. The summed E-state index contributed by atoms with van der Waals surface area (Å²) in [5.74, 6) is 0.946. The van der Waals surface area contributed by atoms with Crippen molar-refractivity contribution in [2.75, 3.05) is 0 Å². The van der Waals surface area contributed by atoms with Gasteiger partial charge in [0.2, 0.25) is 0 Å². The molecule has 1 aromatic carbocycles. The van der Waals surface area contributed by atoms with E-state index in [0.717, 1.165) is 10.6 Å². The summed E-state index contributed by atoms with van der Waals surface area (Å²) in [6.07, 6.45) is 1.51. The summed E-state index contributed by atoms with van der Waals surface area (Å²) in [5.41, 5.74) is 4.61. The van der Waals surface area contributed by atoms with Crippen LogP contribution in [0.1, 0.15) is 27.6 Å². The molecule has 0 spiro atoms. The second-order valence-electron chi connectivity index (χ2n) is 5.11. The first-order valence-electron chi connectivity index (χ1n) is 7.15. The molecule has 24 heavy (non-hydrogen) atoms. The highest BCUT2D eigenvalue weighted by atomic mass is 35.5. The number of nitrogens with zero attached hydrogens (tertiary/aromatic N) is 2. The van der Waals surface area contributed by atoms with Crippen LogP contribution in [0.5, 0.6) is 0 Å². The van der Waals surface area contributed by atoms with Crippen molar-refractivity contribution in [1.82, 2.24) is 10.4 Å². The highest BCUT2D eigenvalue weighted by molar-refractivity contribution is 7.13. The number of aryl methyl sites for hydroxylation is 2. The number of carbonyl (C=O) groups is 1. The molecule has 122 valence electrons. The molecule has 7 heteroatoms. The van der Waals surface area contributed by atoms with E-state index in [1.165, 1.54) is 17.6 Å². The van der Waals surface area contributed by atoms with Gasteiger partial charge in [-0.25, -0.2) is 10.4 Å². The Morgan fingerprint density at radius 1 is 1.33 bits per heavy atom. The predicted octanol–water partition coefficient (Wildman–Crippen LogP) is 4.44. The fraction of sp³-hybridized carbons (Fsp3) is 0.118. The maximum absolute atomic E-state index is 12.0. The smallest absolute Gasteiger partial charge is 0.274 e. The minimum absolute atomic E-state index is 0.311. The van der Waals surface area contributed by atoms with E-state index in [1.807, 2.05) is 29.6 Å². The fourth-order valence-corrected chi connectivity index (χ4v) is 3.05. The molecule has 0 unspecified atom stereocenters. The van der Waals surface area contributed by atoms with Gasteiger partial charge in [-0.15, -0.1) is 11.3 Å². The molecule has 3 aromatic rings. The Labute approximate surface area is 148 Å². The van der Waals surface area contributed by atoms with Gasteiger partial charge >= 0.3 is 0 Å². The Bertz CT molecular complexity index is 897. The SMILES string of the molecule is Cc1cc(C(=O)N/N=C\c2csc(-c3ccc(Cl)cc3)n2)c(C)o1. The van der Waals surface area contributed by atoms with Crippen LogP contribution in [0.2, 0.25) is 5.02 Å². The Kier molecular flexibility index (Phi) is 4.78. The van der Waals surface area contributed by atoms with E-state index in [2.05, 4.69) is 15.5 Å². The van der Waals surface area contributed by atoms with Crippen LogP contribution in [0.15, 0.2) is 45.2 Å². The van der Waals surface area contributed by atoms with E-state index in [4.69, 9.17) is 16.0 Å². The molecule has 3 rings (SSSR count). The van der Waals surface area contributed by atoms with Gasteiger partial charge < -0.3 is 4.42 Å². The number of benzene rings is 1. The number of thiazole rings is 1. The lowest BCUT2D eigenvalue weighted by Crippen LogP contribution is -2.17. The van der Waals surface area contributed by atoms with Crippen molar-refractivity contribution in [1.29, 1.82) is 0 Å². The van der Waals surface area contributed by atoms with Gasteiger partial charge in [-0.05, 0) is 32.0 Å². The van der Waals surface area contributed by atoms with Crippen LogP contribution >= 0.6 is 22.9 Å². The number of rotatable bonds is 4. The number of halogens is 1. The van der Waals surface area contributed by atoms with Crippen molar-refractivity contribution in [2.45, 2.75) is 13.8 Å². The van der Waals surface area contributed by atoms with Crippen LogP contribution in [0.3, 0.4) is 0 Å². The predicted molar refractivity (Wildman–Crippen MR) is 95.8 cm³/mol. The molecule has 0 fully saturated rings. The van der Waals surface area contributed by atoms with Crippen molar-refractivity contribution < 1.29 is 9.21 Å². The third kappa shape index (κ3) is 3.72. The average molecular weight is 360 g/mol. The largest absolute Gasteiger partial charge is 0.466 e. The minimum atomic E-state index is -0.311. The molecule has 0 saturated carbocycles. The number of amides is 1. The second-order valence-corrected chi connectivity index (χ2v) is 6.40. The van der Waals surface area contributed by atoms with Gasteiger partial charge in [-0.2, -0.15) is 5.10 Å². The van der Waals surface area contributed by atoms with Crippen molar-refractivity contribution in [3.05, 3.63) is 63.5 Å². The standard InChI is InChI=1S/C17H14ClN3O2S/c1-10-7-15(11(2)23-10)16(22)21-19-8-14-9-24-17(20-14)12-3-5-13(18)6-4-12/h3-9H,1-2H3,(H,21,22)/b19-8-. The van der Waals surface area contributed by atoms with Gasteiger partial charge in [0.25, 0.3) is 5.91 Å². The molecular weight excluding hydrogens is 346 g/mol. The number of hydrogen-bond acceptors (Lipinski definition) is 5. The Hall–Kier alpha value is -2.44. The van der Waals surface area contributed by atoms with Crippen LogP contribution in [-0.2, 0) is 0 Å². The zero-order valence-corrected chi connectivity index (χ0v) is 14.6. The van der Waals surface area contributed by atoms with Gasteiger partial charge in [-0.1, -0.05) is 23.7 Å². The van der Waals surface area contributed by atoms with E-state index in [-0.39, 0.29) is 5.91 Å². The van der Waals surface area contributed by atoms with Gasteiger partial charge in [0.05, 0.1) is 17.5 Å². The summed E-state index contributed by atoms with van der Waals surface area (Å²) in [6, 6.07) is 9.15. The lowest BCUT2D eigenvalue weighted by Gasteiger charge is -1.96. The number of carbonyl (C=O) groups excluding carboxylic acids is 1. The summed E-state index contributed by atoms with van der Waals surface area (Å²) >= 11 is 7.38. The molecule has 1 amide bonds. The van der Waals surface area contributed by atoms with Crippen molar-refractivity contribution in [3.8, 4) is 10.6 Å². The molecule has 0 aliphatic heterocycles. The maximum Gasteiger partial charge on any atom is 0.274 e. The van der Waals surface area contributed by atoms with E-state index < -0.39 is 0 Å². The first-order valence-corrected chi connectivity index (χ1v) is 8.40. The maximum atomic E-state index is 12.0. The number of hydrazone groups is 1. The first-order chi connectivity index (χ1) is 11.5. The lowest BCUT2D eigenvalue weighted by atomic mass is 10.2. The topological polar surface area (TPSA) is 67.5 Å². The van der Waals surface area contributed by atoms with E-state index in [9.17, 15) is 4.79 Å². The molecule has 0 saturated heterocycles. The van der Waals surface area contributed by atoms with Crippen LogP contribution in [0.25, 0.3) is 10.6 Å². The zero-order chi connectivity index (χ0) is 17.1. The Balaban J connectivity index is 1.66. The fourth-order valence-electron chi connectivity index (χ4n) is 2.14. The summed E-state index contributed by atoms with van der Waals surface area (Å²) in [4.78, 5) is 16.5.